The lowest BCUT2D eigenvalue weighted by Crippen LogP contribution is -2.03. The van der Waals surface area contributed by atoms with Crippen molar-refractivity contribution in [1.29, 1.82) is 0 Å². The number of nitrogens with zero attached hydrogens (tertiary/aromatic N) is 4. The van der Waals surface area contributed by atoms with Crippen LogP contribution in [0.1, 0.15) is 11.5 Å². The Morgan fingerprint density at radius 1 is 1.19 bits per heavy atom. The first-order valence-electron chi connectivity index (χ1n) is 4.60. The number of ether oxygens (including phenoxy) is 1. The van der Waals surface area contributed by atoms with E-state index < -0.39 is 0 Å². The quantitative estimate of drug-likeness (QED) is 0.797. The number of aryl methyl sites for hydroxylation is 2. The molecule has 0 aromatic carbocycles. The molecule has 2 heterocycles. The average Bonchev–Trinajstić information content (AvgIpc) is 2.57. The highest BCUT2D eigenvalue weighted by Crippen LogP contribution is 2.24. The fourth-order valence-electron chi connectivity index (χ4n) is 1.38. The van der Waals surface area contributed by atoms with Gasteiger partial charge in [0.1, 0.15) is 5.76 Å². The Morgan fingerprint density at radius 3 is 2.50 bits per heavy atom. The van der Waals surface area contributed by atoms with Crippen molar-refractivity contribution in [2.45, 2.75) is 13.8 Å². The normalized spacial score (nSPS) is 10.4. The summed E-state index contributed by atoms with van der Waals surface area (Å²) in [6.45, 7) is 3.58. The standard InChI is InChI=1S/C9H11N5O2/c1-4-6(5(2)16-14-4)7-11-8(10)13-9(12-7)15-3/h1-3H3,(H2,10,11,12,13). The third-order valence-electron chi connectivity index (χ3n) is 2.07. The predicted octanol–water partition coefficient (Wildman–Crippen LogP) is 0.734. The average molecular weight is 221 g/mol. The van der Waals surface area contributed by atoms with Gasteiger partial charge in [-0.15, -0.1) is 0 Å². The molecule has 0 aliphatic rings. The zero-order chi connectivity index (χ0) is 11.7. The monoisotopic (exact) mass is 221 g/mol. The molecule has 0 amide bonds. The summed E-state index contributed by atoms with van der Waals surface area (Å²) in [5.41, 5.74) is 6.96. The maximum absolute atomic E-state index is 5.55. The second-order valence-electron chi connectivity index (χ2n) is 3.20. The Balaban J connectivity index is 2.60. The fraction of sp³-hybridized carbons (Fsp3) is 0.333. The molecule has 7 nitrogen and oxygen atoms in total. The Kier molecular flexibility index (Phi) is 2.43. The van der Waals surface area contributed by atoms with Crippen LogP contribution in [0.4, 0.5) is 5.95 Å². The first-order valence-corrected chi connectivity index (χ1v) is 4.60. The van der Waals surface area contributed by atoms with Crippen LogP contribution < -0.4 is 10.5 Å². The molecule has 0 fully saturated rings. The summed E-state index contributed by atoms with van der Waals surface area (Å²) in [5, 5.41) is 3.82. The molecule has 16 heavy (non-hydrogen) atoms. The van der Waals surface area contributed by atoms with E-state index in [-0.39, 0.29) is 12.0 Å². The summed E-state index contributed by atoms with van der Waals surface area (Å²) < 4.78 is 9.95. The third-order valence-corrected chi connectivity index (χ3v) is 2.07. The van der Waals surface area contributed by atoms with Crippen molar-refractivity contribution in [3.8, 4) is 17.4 Å². The third kappa shape index (κ3) is 1.67. The number of hydrogen-bond donors (Lipinski definition) is 1. The van der Waals surface area contributed by atoms with E-state index in [4.69, 9.17) is 15.0 Å². The number of rotatable bonds is 2. The molecule has 0 saturated carbocycles. The van der Waals surface area contributed by atoms with E-state index in [1.54, 1.807) is 13.8 Å². The van der Waals surface area contributed by atoms with Crippen molar-refractivity contribution in [1.82, 2.24) is 20.1 Å². The number of nitrogens with two attached hydrogens (primary N) is 1. The van der Waals surface area contributed by atoms with Gasteiger partial charge in [-0.2, -0.15) is 15.0 Å². The smallest absolute Gasteiger partial charge is 0.321 e. The number of methoxy groups -OCH3 is 1. The molecule has 2 aromatic rings. The van der Waals surface area contributed by atoms with E-state index in [0.29, 0.717) is 22.8 Å². The minimum atomic E-state index is 0.0989. The van der Waals surface area contributed by atoms with Gasteiger partial charge in [-0.1, -0.05) is 5.16 Å². The number of anilines is 1. The number of aromatic nitrogens is 4. The van der Waals surface area contributed by atoms with E-state index in [1.807, 2.05) is 0 Å². The topological polar surface area (TPSA) is 100.0 Å². The zero-order valence-electron chi connectivity index (χ0n) is 9.18. The molecule has 2 rings (SSSR count). The molecule has 0 bridgehead atoms. The summed E-state index contributed by atoms with van der Waals surface area (Å²) in [6, 6.07) is 0.169. The van der Waals surface area contributed by atoms with Gasteiger partial charge in [0.05, 0.1) is 18.4 Å². The fourth-order valence-corrected chi connectivity index (χ4v) is 1.38. The molecule has 7 heteroatoms. The van der Waals surface area contributed by atoms with Gasteiger partial charge in [0.2, 0.25) is 5.95 Å². The lowest BCUT2D eigenvalue weighted by atomic mass is 10.2. The Bertz CT molecular complexity index is 503. The molecule has 0 atom stereocenters. The summed E-state index contributed by atoms with van der Waals surface area (Å²) in [6.07, 6.45) is 0. The van der Waals surface area contributed by atoms with Gasteiger partial charge in [-0.05, 0) is 13.8 Å². The van der Waals surface area contributed by atoms with Crippen molar-refractivity contribution in [2.24, 2.45) is 0 Å². The van der Waals surface area contributed by atoms with Crippen LogP contribution in [-0.2, 0) is 0 Å². The highest BCUT2D eigenvalue weighted by Gasteiger charge is 2.16. The maximum Gasteiger partial charge on any atom is 0.321 e. The van der Waals surface area contributed by atoms with Crippen LogP contribution in [0, 0.1) is 13.8 Å². The molecule has 0 radical (unpaired) electrons. The molecule has 2 aromatic heterocycles. The second-order valence-corrected chi connectivity index (χ2v) is 3.20. The molecule has 0 saturated heterocycles. The molecular weight excluding hydrogens is 210 g/mol. The number of hydrogen-bond acceptors (Lipinski definition) is 7. The van der Waals surface area contributed by atoms with E-state index in [1.165, 1.54) is 7.11 Å². The number of nitrogen functional groups attached to an aromatic ring is 1. The summed E-state index contributed by atoms with van der Waals surface area (Å²) >= 11 is 0. The van der Waals surface area contributed by atoms with Crippen molar-refractivity contribution in [3.05, 3.63) is 11.5 Å². The van der Waals surface area contributed by atoms with Crippen LogP contribution in [0.3, 0.4) is 0 Å². The van der Waals surface area contributed by atoms with E-state index in [0.717, 1.165) is 0 Å². The van der Waals surface area contributed by atoms with Gasteiger partial charge >= 0.3 is 6.01 Å². The van der Waals surface area contributed by atoms with E-state index in [2.05, 4.69) is 20.1 Å². The summed E-state index contributed by atoms with van der Waals surface area (Å²) in [4.78, 5) is 11.9. The van der Waals surface area contributed by atoms with E-state index >= 15 is 0 Å². The lowest BCUT2D eigenvalue weighted by molar-refractivity contribution is 0.379. The second kappa shape index (κ2) is 3.76. The maximum atomic E-state index is 5.55. The Morgan fingerprint density at radius 2 is 1.94 bits per heavy atom. The molecule has 0 unspecified atom stereocenters. The minimum Gasteiger partial charge on any atom is -0.467 e. The molecular formula is C9H11N5O2. The zero-order valence-corrected chi connectivity index (χ0v) is 9.18. The first-order chi connectivity index (χ1) is 7.61. The molecule has 0 aliphatic heterocycles. The predicted molar refractivity (Wildman–Crippen MR) is 55.8 cm³/mol. The molecule has 0 aliphatic carbocycles. The van der Waals surface area contributed by atoms with Crippen molar-refractivity contribution >= 4 is 5.95 Å². The van der Waals surface area contributed by atoms with Gasteiger partial charge < -0.3 is 15.0 Å². The lowest BCUT2D eigenvalue weighted by Gasteiger charge is -2.02. The summed E-state index contributed by atoms with van der Waals surface area (Å²) in [5.74, 6) is 1.13. The van der Waals surface area contributed by atoms with Crippen molar-refractivity contribution in [3.63, 3.8) is 0 Å². The van der Waals surface area contributed by atoms with Gasteiger partial charge in [0.15, 0.2) is 5.82 Å². The Hall–Kier alpha value is -2.18. The summed E-state index contributed by atoms with van der Waals surface area (Å²) in [7, 11) is 1.46. The molecule has 0 spiro atoms. The van der Waals surface area contributed by atoms with Crippen LogP contribution in [-0.4, -0.2) is 27.2 Å². The minimum absolute atomic E-state index is 0.0989. The van der Waals surface area contributed by atoms with Crippen LogP contribution in [0.15, 0.2) is 4.52 Å². The van der Waals surface area contributed by atoms with Crippen molar-refractivity contribution in [2.75, 3.05) is 12.8 Å². The van der Waals surface area contributed by atoms with Gasteiger partial charge in [-0.25, -0.2) is 0 Å². The SMILES string of the molecule is COc1nc(N)nc(-c2c(C)noc2C)n1. The van der Waals surface area contributed by atoms with Crippen LogP contribution in [0.5, 0.6) is 6.01 Å². The highest BCUT2D eigenvalue weighted by atomic mass is 16.5. The van der Waals surface area contributed by atoms with Crippen LogP contribution in [0.25, 0.3) is 11.4 Å². The van der Waals surface area contributed by atoms with Gasteiger partial charge in [-0.3, -0.25) is 0 Å². The highest BCUT2D eigenvalue weighted by molar-refractivity contribution is 5.60. The molecule has 84 valence electrons. The van der Waals surface area contributed by atoms with Gasteiger partial charge in [0, 0.05) is 0 Å². The largest absolute Gasteiger partial charge is 0.467 e. The first kappa shape index (κ1) is 10.3. The van der Waals surface area contributed by atoms with Crippen LogP contribution in [0.2, 0.25) is 0 Å². The molecule has 2 N–H and O–H groups in total. The van der Waals surface area contributed by atoms with Gasteiger partial charge in [0.25, 0.3) is 0 Å². The van der Waals surface area contributed by atoms with Crippen molar-refractivity contribution < 1.29 is 9.26 Å². The van der Waals surface area contributed by atoms with Crippen LogP contribution >= 0.6 is 0 Å². The van der Waals surface area contributed by atoms with E-state index in [9.17, 15) is 0 Å². The Labute approximate surface area is 91.7 Å².